The summed E-state index contributed by atoms with van der Waals surface area (Å²) in [6.07, 6.45) is 4.06. The van der Waals surface area contributed by atoms with Crippen LogP contribution in [-0.4, -0.2) is 35.1 Å². The minimum Gasteiger partial charge on any atom is -0.486 e. The lowest BCUT2D eigenvalue weighted by molar-refractivity contribution is 0.0923. The summed E-state index contributed by atoms with van der Waals surface area (Å²) in [6, 6.07) is 13.6. The van der Waals surface area contributed by atoms with Crippen LogP contribution < -0.4 is 14.8 Å². The largest absolute Gasteiger partial charge is 0.486 e. The molecule has 2 aliphatic rings. The highest BCUT2D eigenvalue weighted by atomic mass is 16.6. The molecule has 1 fully saturated rings. The van der Waals surface area contributed by atoms with Crippen LogP contribution in [-0.2, 0) is 0 Å². The van der Waals surface area contributed by atoms with Gasteiger partial charge in [-0.2, -0.15) is 0 Å². The Balaban J connectivity index is 1.28. The maximum atomic E-state index is 12.8. The molecular weight excluding hydrogens is 354 g/mol. The van der Waals surface area contributed by atoms with E-state index in [-0.39, 0.29) is 11.9 Å². The minimum absolute atomic E-state index is 0.0628. The lowest BCUT2D eigenvalue weighted by Crippen LogP contribution is -2.38. The summed E-state index contributed by atoms with van der Waals surface area (Å²) in [6.45, 7) is 1.06. The van der Waals surface area contributed by atoms with E-state index in [2.05, 4.69) is 16.4 Å². The molecule has 2 aromatic carbocycles. The molecular formula is C22H23N3O3. The van der Waals surface area contributed by atoms with E-state index in [4.69, 9.17) is 14.5 Å². The molecule has 1 amide bonds. The highest BCUT2D eigenvalue weighted by molar-refractivity contribution is 5.95. The Morgan fingerprint density at radius 2 is 1.93 bits per heavy atom. The summed E-state index contributed by atoms with van der Waals surface area (Å²) in [7, 11) is 0. The Hall–Kier alpha value is -3.02. The molecule has 1 aliphatic heterocycles. The van der Waals surface area contributed by atoms with Crippen molar-refractivity contribution in [2.24, 2.45) is 0 Å². The highest BCUT2D eigenvalue weighted by Crippen LogP contribution is 2.33. The number of H-pyrrole nitrogens is 1. The third-order valence-corrected chi connectivity index (χ3v) is 5.61. The van der Waals surface area contributed by atoms with E-state index in [9.17, 15) is 4.79 Å². The molecule has 2 N–H and O–H groups in total. The van der Waals surface area contributed by atoms with Gasteiger partial charge in [0.25, 0.3) is 5.91 Å². The molecule has 2 atom stereocenters. The second-order valence-corrected chi connectivity index (χ2v) is 7.53. The lowest BCUT2D eigenvalue weighted by atomic mass is 9.85. The average molecular weight is 377 g/mol. The van der Waals surface area contributed by atoms with Crippen molar-refractivity contribution in [3.63, 3.8) is 0 Å². The zero-order valence-electron chi connectivity index (χ0n) is 15.6. The first kappa shape index (κ1) is 17.1. The molecule has 2 heterocycles. The van der Waals surface area contributed by atoms with Gasteiger partial charge in [-0.05, 0) is 49.6 Å². The second kappa shape index (κ2) is 7.19. The number of para-hydroxylation sites is 2. The Morgan fingerprint density at radius 1 is 1.07 bits per heavy atom. The van der Waals surface area contributed by atoms with E-state index in [1.54, 1.807) is 12.1 Å². The fourth-order valence-electron chi connectivity index (χ4n) is 4.19. The maximum Gasteiger partial charge on any atom is 0.251 e. The summed E-state index contributed by atoms with van der Waals surface area (Å²) in [4.78, 5) is 21.0. The van der Waals surface area contributed by atoms with Gasteiger partial charge in [0.05, 0.1) is 11.0 Å². The van der Waals surface area contributed by atoms with Gasteiger partial charge < -0.3 is 19.8 Å². The SMILES string of the molecule is O=C(N[C@@H]1CCC[C@@H](c2nc3ccccc3[nH]2)C1)c1ccc2c(c1)OCCO2. The number of aromatic nitrogens is 2. The van der Waals surface area contributed by atoms with Crippen LogP contribution in [0.1, 0.15) is 47.8 Å². The zero-order chi connectivity index (χ0) is 18.9. The Labute approximate surface area is 163 Å². The van der Waals surface area contributed by atoms with Crippen LogP contribution in [0, 0.1) is 0 Å². The topological polar surface area (TPSA) is 76.2 Å². The van der Waals surface area contributed by atoms with Gasteiger partial charge in [0, 0.05) is 17.5 Å². The Kier molecular flexibility index (Phi) is 4.39. The Bertz CT molecular complexity index is 980. The fraction of sp³-hybridized carbons (Fsp3) is 0.364. The molecule has 5 rings (SSSR count). The minimum atomic E-state index is -0.0628. The third-order valence-electron chi connectivity index (χ3n) is 5.61. The van der Waals surface area contributed by atoms with Crippen LogP contribution in [0.15, 0.2) is 42.5 Å². The van der Waals surface area contributed by atoms with Crippen molar-refractivity contribution in [1.29, 1.82) is 0 Å². The molecule has 28 heavy (non-hydrogen) atoms. The molecule has 0 saturated heterocycles. The maximum absolute atomic E-state index is 12.8. The van der Waals surface area contributed by atoms with E-state index in [0.717, 1.165) is 42.5 Å². The van der Waals surface area contributed by atoms with E-state index in [1.165, 1.54) is 0 Å². The van der Waals surface area contributed by atoms with Gasteiger partial charge in [0.15, 0.2) is 11.5 Å². The molecule has 1 saturated carbocycles. The first-order chi connectivity index (χ1) is 13.8. The average Bonchev–Trinajstić information content (AvgIpc) is 3.18. The number of fused-ring (bicyclic) bond motifs is 2. The number of nitrogens with one attached hydrogen (secondary N) is 2. The number of hydrogen-bond acceptors (Lipinski definition) is 4. The number of carbonyl (C=O) groups is 1. The summed E-state index contributed by atoms with van der Waals surface area (Å²) in [5.74, 6) is 2.64. The molecule has 0 spiro atoms. The van der Waals surface area contributed by atoms with Gasteiger partial charge in [-0.1, -0.05) is 18.6 Å². The number of imidazole rings is 1. The van der Waals surface area contributed by atoms with Crippen molar-refractivity contribution in [3.8, 4) is 11.5 Å². The van der Waals surface area contributed by atoms with Crippen molar-refractivity contribution in [2.75, 3.05) is 13.2 Å². The Morgan fingerprint density at radius 3 is 2.82 bits per heavy atom. The van der Waals surface area contributed by atoms with Crippen molar-refractivity contribution in [3.05, 3.63) is 53.9 Å². The number of aromatic amines is 1. The summed E-state index contributed by atoms with van der Waals surface area (Å²) >= 11 is 0. The first-order valence-electron chi connectivity index (χ1n) is 9.91. The van der Waals surface area contributed by atoms with Crippen molar-refractivity contribution in [1.82, 2.24) is 15.3 Å². The summed E-state index contributed by atoms with van der Waals surface area (Å²) < 4.78 is 11.1. The van der Waals surface area contributed by atoms with Crippen molar-refractivity contribution in [2.45, 2.75) is 37.6 Å². The molecule has 1 aliphatic carbocycles. The molecule has 1 aromatic heterocycles. The van der Waals surface area contributed by atoms with E-state index < -0.39 is 0 Å². The molecule has 0 unspecified atom stereocenters. The van der Waals surface area contributed by atoms with Crippen LogP contribution in [0.3, 0.4) is 0 Å². The summed E-state index contributed by atoms with van der Waals surface area (Å²) in [5.41, 5.74) is 2.68. The van der Waals surface area contributed by atoms with Crippen LogP contribution in [0.25, 0.3) is 11.0 Å². The van der Waals surface area contributed by atoms with E-state index in [0.29, 0.717) is 36.2 Å². The van der Waals surface area contributed by atoms with Gasteiger partial charge in [0.2, 0.25) is 0 Å². The van der Waals surface area contributed by atoms with Crippen molar-refractivity contribution >= 4 is 16.9 Å². The van der Waals surface area contributed by atoms with Gasteiger partial charge in [-0.25, -0.2) is 4.98 Å². The number of ether oxygens (including phenoxy) is 2. The van der Waals surface area contributed by atoms with Crippen LogP contribution in [0.5, 0.6) is 11.5 Å². The number of rotatable bonds is 3. The molecule has 0 bridgehead atoms. The van der Waals surface area contributed by atoms with Crippen LogP contribution >= 0.6 is 0 Å². The quantitative estimate of drug-likeness (QED) is 0.728. The standard InChI is InChI=1S/C22H23N3O3/c26-22(15-8-9-19-20(13-15)28-11-10-27-19)23-16-5-3-4-14(12-16)21-24-17-6-1-2-7-18(17)25-21/h1-2,6-9,13-14,16H,3-5,10-12H2,(H,23,26)(H,24,25)/t14-,16-/m1/s1. The predicted octanol–water partition coefficient (Wildman–Crippen LogP) is 3.79. The van der Waals surface area contributed by atoms with Gasteiger partial charge in [-0.3, -0.25) is 4.79 Å². The second-order valence-electron chi connectivity index (χ2n) is 7.53. The van der Waals surface area contributed by atoms with Gasteiger partial charge in [0.1, 0.15) is 19.0 Å². The van der Waals surface area contributed by atoms with Crippen molar-refractivity contribution < 1.29 is 14.3 Å². The number of hydrogen-bond donors (Lipinski definition) is 2. The van der Waals surface area contributed by atoms with Gasteiger partial charge >= 0.3 is 0 Å². The van der Waals surface area contributed by atoms with Crippen LogP contribution in [0.2, 0.25) is 0 Å². The molecule has 6 nitrogen and oxygen atoms in total. The van der Waals surface area contributed by atoms with E-state index in [1.807, 2.05) is 24.3 Å². The molecule has 144 valence electrons. The number of nitrogens with zero attached hydrogens (tertiary/aromatic N) is 1. The number of benzene rings is 2. The summed E-state index contributed by atoms with van der Waals surface area (Å²) in [5, 5.41) is 3.20. The highest BCUT2D eigenvalue weighted by Gasteiger charge is 2.27. The third kappa shape index (κ3) is 3.30. The molecule has 6 heteroatoms. The molecule has 0 radical (unpaired) electrons. The molecule has 3 aromatic rings. The lowest BCUT2D eigenvalue weighted by Gasteiger charge is -2.29. The predicted molar refractivity (Wildman–Crippen MR) is 106 cm³/mol. The first-order valence-corrected chi connectivity index (χ1v) is 9.91. The smallest absolute Gasteiger partial charge is 0.251 e. The van der Waals surface area contributed by atoms with Gasteiger partial charge in [-0.15, -0.1) is 0 Å². The number of amides is 1. The zero-order valence-corrected chi connectivity index (χ0v) is 15.6. The fourth-order valence-corrected chi connectivity index (χ4v) is 4.19. The number of carbonyl (C=O) groups excluding carboxylic acids is 1. The van der Waals surface area contributed by atoms with E-state index >= 15 is 0 Å². The monoisotopic (exact) mass is 377 g/mol. The normalized spacial score (nSPS) is 21.4. The van der Waals surface area contributed by atoms with Crippen LogP contribution in [0.4, 0.5) is 0 Å².